The Labute approximate surface area is 120 Å². The highest BCUT2D eigenvalue weighted by Crippen LogP contribution is 2.12. The Balaban J connectivity index is 1.65. The molecule has 0 aromatic carbocycles. The largest absolute Gasteiger partial charge is 0.361 e. The van der Waals surface area contributed by atoms with E-state index in [1.54, 1.807) is 0 Å². The van der Waals surface area contributed by atoms with Gasteiger partial charge in [-0.1, -0.05) is 25.7 Å². The zero-order valence-corrected chi connectivity index (χ0v) is 13.4. The molecule has 0 saturated carbocycles. The summed E-state index contributed by atoms with van der Waals surface area (Å²) in [6.07, 6.45) is 7.94. The second kappa shape index (κ2) is 5.14. The molecule has 106 valence electrons. The van der Waals surface area contributed by atoms with E-state index in [-0.39, 0.29) is 0 Å². The van der Waals surface area contributed by atoms with E-state index in [2.05, 4.69) is 40.6 Å². The Bertz CT molecular complexity index is 661. The molecular weight excluding hydrogens is 266 g/mol. The maximum Gasteiger partial charge on any atom is 0.139 e. The van der Waals surface area contributed by atoms with Crippen molar-refractivity contribution in [3.63, 3.8) is 0 Å². The quantitative estimate of drug-likeness (QED) is 0.610. The molecule has 0 amide bonds. The highest BCUT2D eigenvalue weighted by atomic mass is 28.3. The monoisotopic (exact) mass is 287 g/mol. The minimum atomic E-state index is -1.01. The van der Waals surface area contributed by atoms with Gasteiger partial charge in [-0.05, 0) is 12.1 Å². The lowest BCUT2D eigenvalue weighted by molar-refractivity contribution is 0.148. The van der Waals surface area contributed by atoms with Crippen LogP contribution in [-0.2, 0) is 4.74 Å². The van der Waals surface area contributed by atoms with Crippen molar-refractivity contribution in [2.75, 3.05) is 24.8 Å². The minimum absolute atomic E-state index is 0.618. The fraction of sp³-hybridized carbons (Fsp3) is 0.467. The summed E-state index contributed by atoms with van der Waals surface area (Å²) in [5.41, 5.74) is 1.11. The molecule has 0 radical (unpaired) electrons. The van der Waals surface area contributed by atoms with Gasteiger partial charge in [-0.25, -0.2) is 4.98 Å². The predicted octanol–water partition coefficient (Wildman–Crippen LogP) is 1.60. The fourth-order valence-corrected chi connectivity index (χ4v) is 3.13. The Hall–Kier alpha value is -1.46. The van der Waals surface area contributed by atoms with Crippen LogP contribution in [0.15, 0.2) is 17.4 Å². The summed E-state index contributed by atoms with van der Waals surface area (Å²) < 4.78 is 5.82. The van der Waals surface area contributed by atoms with Gasteiger partial charge in [0.15, 0.2) is 0 Å². The van der Waals surface area contributed by atoms with Gasteiger partial charge in [-0.15, -0.1) is 0 Å². The summed E-state index contributed by atoms with van der Waals surface area (Å²) in [6.45, 7) is 9.44. The SMILES string of the molecule is C[Si](C)(C)CCOCN1CC=c2c1ncc1c2=NC=C1. The van der Waals surface area contributed by atoms with E-state index in [0.717, 1.165) is 35.1 Å². The number of nitrogens with zero attached hydrogens (tertiary/aromatic N) is 3. The molecule has 3 rings (SSSR count). The van der Waals surface area contributed by atoms with Crippen LogP contribution in [0.3, 0.4) is 0 Å². The number of hydrogen-bond donors (Lipinski definition) is 0. The van der Waals surface area contributed by atoms with Crippen LogP contribution in [-0.4, -0.2) is 32.9 Å². The van der Waals surface area contributed by atoms with E-state index in [0.29, 0.717) is 6.73 Å². The first kappa shape index (κ1) is 13.5. The molecule has 0 saturated heterocycles. The Morgan fingerprint density at radius 1 is 1.35 bits per heavy atom. The highest BCUT2D eigenvalue weighted by molar-refractivity contribution is 6.76. The fourth-order valence-electron chi connectivity index (χ4n) is 2.38. The lowest BCUT2D eigenvalue weighted by atomic mass is 10.2. The van der Waals surface area contributed by atoms with Gasteiger partial charge in [0.05, 0.1) is 5.36 Å². The third-order valence-corrected chi connectivity index (χ3v) is 5.32. The van der Waals surface area contributed by atoms with E-state index in [9.17, 15) is 0 Å². The van der Waals surface area contributed by atoms with E-state index < -0.39 is 8.07 Å². The van der Waals surface area contributed by atoms with Gasteiger partial charge < -0.3 is 9.64 Å². The average molecular weight is 287 g/mol. The van der Waals surface area contributed by atoms with Gasteiger partial charge >= 0.3 is 0 Å². The van der Waals surface area contributed by atoms with Crippen LogP contribution in [0.4, 0.5) is 5.82 Å². The molecule has 0 spiro atoms. The van der Waals surface area contributed by atoms with Gasteiger partial charge in [0.1, 0.15) is 12.5 Å². The van der Waals surface area contributed by atoms with Gasteiger partial charge in [0.2, 0.25) is 0 Å². The summed E-state index contributed by atoms with van der Waals surface area (Å²) in [7, 11) is -1.01. The second-order valence-corrected chi connectivity index (χ2v) is 12.1. The first-order chi connectivity index (χ1) is 9.54. The number of pyridine rings is 1. The number of rotatable bonds is 5. The smallest absolute Gasteiger partial charge is 0.139 e. The molecule has 3 heterocycles. The van der Waals surface area contributed by atoms with E-state index >= 15 is 0 Å². The predicted molar refractivity (Wildman–Crippen MR) is 84.8 cm³/mol. The number of anilines is 1. The molecule has 0 bridgehead atoms. The van der Waals surface area contributed by atoms with Crippen LogP contribution < -0.4 is 15.5 Å². The maximum absolute atomic E-state index is 5.82. The summed E-state index contributed by atoms with van der Waals surface area (Å²) in [6, 6.07) is 1.20. The Morgan fingerprint density at radius 2 is 2.20 bits per heavy atom. The molecule has 0 aliphatic carbocycles. The van der Waals surface area contributed by atoms with Gasteiger partial charge in [-0.2, -0.15) is 0 Å². The number of hydrogen-bond acceptors (Lipinski definition) is 4. The van der Waals surface area contributed by atoms with Crippen molar-refractivity contribution < 1.29 is 4.74 Å². The second-order valence-electron chi connectivity index (χ2n) is 6.52. The molecule has 1 aromatic heterocycles. The van der Waals surface area contributed by atoms with Crippen molar-refractivity contribution >= 4 is 26.0 Å². The molecule has 0 N–H and O–H groups in total. The summed E-state index contributed by atoms with van der Waals surface area (Å²) in [5.74, 6) is 1.00. The summed E-state index contributed by atoms with van der Waals surface area (Å²) in [5, 5.41) is 2.21. The van der Waals surface area contributed by atoms with Crippen LogP contribution in [0.5, 0.6) is 0 Å². The van der Waals surface area contributed by atoms with Crippen molar-refractivity contribution in [2.24, 2.45) is 4.99 Å². The van der Waals surface area contributed by atoms with Crippen LogP contribution in [0.25, 0.3) is 12.2 Å². The number of fused-ring (bicyclic) bond motifs is 3. The average Bonchev–Trinajstić information content (AvgIpc) is 2.99. The molecule has 1 aromatic rings. The molecular formula is C15H21N3OSi. The van der Waals surface area contributed by atoms with Crippen molar-refractivity contribution in [2.45, 2.75) is 25.7 Å². The molecule has 2 aliphatic rings. The van der Waals surface area contributed by atoms with Crippen molar-refractivity contribution in [1.29, 1.82) is 0 Å². The molecule has 20 heavy (non-hydrogen) atoms. The molecule has 0 fully saturated rings. The highest BCUT2D eigenvalue weighted by Gasteiger charge is 2.18. The van der Waals surface area contributed by atoms with E-state index in [1.807, 2.05) is 18.5 Å². The van der Waals surface area contributed by atoms with Crippen LogP contribution in [0.1, 0.15) is 5.56 Å². The van der Waals surface area contributed by atoms with Gasteiger partial charge in [-0.3, -0.25) is 4.99 Å². The standard InChI is InChI=1S/C15H21N3OSi/c1-20(2,3)9-8-19-11-18-7-5-13-14-12(4-6-16-14)10-17-15(13)18/h4-6,10H,7-9,11H2,1-3H3. The van der Waals surface area contributed by atoms with Crippen LogP contribution in [0, 0.1) is 0 Å². The van der Waals surface area contributed by atoms with Crippen LogP contribution in [0.2, 0.25) is 25.7 Å². The third-order valence-electron chi connectivity index (χ3n) is 3.61. The molecule has 4 nitrogen and oxygen atoms in total. The first-order valence-corrected chi connectivity index (χ1v) is 10.8. The van der Waals surface area contributed by atoms with Gasteiger partial charge in [0.25, 0.3) is 0 Å². The summed E-state index contributed by atoms with van der Waals surface area (Å²) >= 11 is 0. The molecule has 2 aliphatic heterocycles. The summed E-state index contributed by atoms with van der Waals surface area (Å²) in [4.78, 5) is 11.1. The van der Waals surface area contributed by atoms with E-state index in [1.165, 1.54) is 6.04 Å². The zero-order chi connectivity index (χ0) is 14.2. The number of ether oxygens (including phenoxy) is 1. The third kappa shape index (κ3) is 2.69. The minimum Gasteiger partial charge on any atom is -0.361 e. The van der Waals surface area contributed by atoms with Crippen LogP contribution >= 0.6 is 0 Å². The maximum atomic E-state index is 5.82. The van der Waals surface area contributed by atoms with Crippen molar-refractivity contribution in [3.05, 3.63) is 28.5 Å². The Morgan fingerprint density at radius 3 is 3.00 bits per heavy atom. The number of aromatic nitrogens is 1. The molecule has 0 atom stereocenters. The Kier molecular flexibility index (Phi) is 3.48. The lowest BCUT2D eigenvalue weighted by Crippen LogP contribution is -2.32. The first-order valence-electron chi connectivity index (χ1n) is 7.11. The topological polar surface area (TPSA) is 37.7 Å². The molecule has 0 unspecified atom stereocenters. The lowest BCUT2D eigenvalue weighted by Gasteiger charge is -2.20. The zero-order valence-electron chi connectivity index (χ0n) is 12.4. The van der Waals surface area contributed by atoms with Crippen molar-refractivity contribution in [1.82, 2.24) is 4.98 Å². The van der Waals surface area contributed by atoms with Crippen molar-refractivity contribution in [3.8, 4) is 0 Å². The molecule has 5 heteroatoms. The van der Waals surface area contributed by atoms with E-state index in [4.69, 9.17) is 4.74 Å². The normalized spacial score (nSPS) is 15.8. The van der Waals surface area contributed by atoms with Gasteiger partial charge in [0, 0.05) is 44.4 Å².